The van der Waals surface area contributed by atoms with Gasteiger partial charge in [0.2, 0.25) is 0 Å². The Morgan fingerprint density at radius 2 is 1.19 bits per heavy atom. The van der Waals surface area contributed by atoms with Crippen molar-refractivity contribution in [2.75, 3.05) is 23.9 Å². The molecule has 0 aliphatic carbocycles. The van der Waals surface area contributed by atoms with Crippen LogP contribution in [0.1, 0.15) is 52.7 Å². The van der Waals surface area contributed by atoms with Gasteiger partial charge in [0.25, 0.3) is 0 Å². The van der Waals surface area contributed by atoms with E-state index >= 15 is 0 Å². The van der Waals surface area contributed by atoms with Gasteiger partial charge in [-0.3, -0.25) is 0 Å². The second kappa shape index (κ2) is 8.46. The first-order valence-corrected chi connectivity index (χ1v) is 12.8. The lowest BCUT2D eigenvalue weighted by atomic mass is 9.81. The summed E-state index contributed by atoms with van der Waals surface area (Å²) in [6.45, 7) is 13.6. The maximum absolute atomic E-state index is 4.54. The molecule has 2 aromatic carbocycles. The van der Waals surface area contributed by atoms with Crippen molar-refractivity contribution in [2.24, 2.45) is 34.6 Å². The zero-order chi connectivity index (χ0) is 26.9. The van der Waals surface area contributed by atoms with Crippen LogP contribution in [0, 0.1) is 0 Å². The minimum absolute atomic E-state index is 0.0407. The van der Waals surface area contributed by atoms with Crippen molar-refractivity contribution in [3.63, 3.8) is 0 Å². The quantitative estimate of drug-likeness (QED) is 0.311. The number of fused-ring (bicyclic) bond motifs is 2. The largest absolute Gasteiger partial charge is 0.404 e. The summed E-state index contributed by atoms with van der Waals surface area (Å²) in [4.78, 5) is 4.66. The van der Waals surface area contributed by atoms with Crippen LogP contribution in [0.15, 0.2) is 56.9 Å². The predicted molar refractivity (Wildman–Crippen MR) is 147 cm³/mol. The molecule has 2 aliphatic rings. The fourth-order valence-corrected chi connectivity index (χ4v) is 5.63. The van der Waals surface area contributed by atoms with Gasteiger partial charge in [0.15, 0.2) is 0 Å². The molecule has 3 heterocycles. The van der Waals surface area contributed by atoms with Crippen molar-refractivity contribution >= 4 is 34.6 Å². The summed E-state index contributed by atoms with van der Waals surface area (Å²) >= 11 is 0. The van der Waals surface area contributed by atoms with Crippen LogP contribution in [0.4, 0.5) is 34.6 Å². The van der Waals surface area contributed by atoms with E-state index in [2.05, 4.69) is 115 Å². The van der Waals surface area contributed by atoms with E-state index in [1.807, 2.05) is 26.2 Å². The molecule has 0 radical (unpaired) electrons. The van der Waals surface area contributed by atoms with E-state index in [1.165, 1.54) is 22.5 Å². The van der Waals surface area contributed by atoms with Crippen LogP contribution in [-0.2, 0) is 24.9 Å². The standard InChI is InChI=1S/C28H38N9/c1-17-27(3,4)21-15-19(11-13-23(21)34(17)7)29-31-25-33-37(10)26(36(25)9)32-30-20-12-14-24-22(16-20)28(5,6)18(2)35(24)8/h11-18H,1-10H3/q+1. The van der Waals surface area contributed by atoms with Gasteiger partial charge in [0.1, 0.15) is 0 Å². The number of benzene rings is 2. The first-order chi connectivity index (χ1) is 17.3. The minimum atomic E-state index is 0.0407. The summed E-state index contributed by atoms with van der Waals surface area (Å²) < 4.78 is 3.47. The SMILES string of the molecule is CC1N(C)c2ccc(N=Nc3nn(C)c(N=Nc4ccc5c(c4)C(C)(C)C(C)N5C)[n+]3C)cc2C1(C)C. The third kappa shape index (κ3) is 3.83. The Labute approximate surface area is 219 Å². The molecule has 2 unspecified atom stereocenters. The summed E-state index contributed by atoms with van der Waals surface area (Å²) in [6.07, 6.45) is 0. The maximum atomic E-state index is 4.54. The van der Waals surface area contributed by atoms with Crippen molar-refractivity contribution in [1.82, 2.24) is 9.78 Å². The van der Waals surface area contributed by atoms with E-state index in [1.54, 1.807) is 9.25 Å². The number of hydrogen-bond donors (Lipinski definition) is 0. The number of aromatic nitrogens is 3. The molecule has 0 amide bonds. The first-order valence-electron chi connectivity index (χ1n) is 12.8. The highest BCUT2D eigenvalue weighted by Gasteiger charge is 2.41. The average Bonchev–Trinajstić information content (AvgIpc) is 3.31. The second-order valence-corrected chi connectivity index (χ2v) is 11.6. The molecule has 2 aliphatic heterocycles. The molecule has 1 aromatic heterocycles. The van der Waals surface area contributed by atoms with Gasteiger partial charge >= 0.3 is 11.9 Å². The smallest absolute Gasteiger partial charge is 0.371 e. The van der Waals surface area contributed by atoms with Crippen LogP contribution in [0.25, 0.3) is 0 Å². The van der Waals surface area contributed by atoms with Crippen LogP contribution in [0.5, 0.6) is 0 Å². The molecular formula is C28H38N9+. The third-order valence-electron chi connectivity index (χ3n) is 9.00. The fourth-order valence-electron chi connectivity index (χ4n) is 5.63. The molecule has 2 atom stereocenters. The van der Waals surface area contributed by atoms with E-state index in [0.717, 1.165) is 11.4 Å². The summed E-state index contributed by atoms with van der Waals surface area (Å²) in [6, 6.07) is 13.4. The van der Waals surface area contributed by atoms with Crippen molar-refractivity contribution in [1.29, 1.82) is 0 Å². The van der Waals surface area contributed by atoms with E-state index in [0.29, 0.717) is 24.0 Å². The minimum Gasteiger partial charge on any atom is -0.371 e. The number of hydrogen-bond acceptors (Lipinski definition) is 7. The monoisotopic (exact) mass is 500 g/mol. The van der Waals surface area contributed by atoms with E-state index in [-0.39, 0.29) is 10.8 Å². The fraction of sp³-hybridized carbons (Fsp3) is 0.500. The zero-order valence-electron chi connectivity index (χ0n) is 23.6. The number of anilines is 2. The summed E-state index contributed by atoms with van der Waals surface area (Å²) in [5.41, 5.74) is 6.79. The van der Waals surface area contributed by atoms with E-state index in [4.69, 9.17) is 0 Å². The van der Waals surface area contributed by atoms with Crippen LogP contribution >= 0.6 is 0 Å². The molecule has 5 rings (SSSR count). The maximum Gasteiger partial charge on any atom is 0.404 e. The average molecular weight is 501 g/mol. The third-order valence-corrected chi connectivity index (χ3v) is 9.00. The van der Waals surface area contributed by atoms with Crippen molar-refractivity contribution in [3.8, 4) is 0 Å². The Balaban J connectivity index is 1.40. The molecule has 9 nitrogen and oxygen atoms in total. The van der Waals surface area contributed by atoms with Crippen molar-refractivity contribution in [3.05, 3.63) is 47.5 Å². The van der Waals surface area contributed by atoms with Crippen molar-refractivity contribution < 1.29 is 4.57 Å². The van der Waals surface area contributed by atoms with Crippen LogP contribution in [0.3, 0.4) is 0 Å². The Morgan fingerprint density at radius 3 is 1.68 bits per heavy atom. The zero-order valence-corrected chi connectivity index (χ0v) is 23.6. The Morgan fingerprint density at radius 1 is 0.730 bits per heavy atom. The lowest BCUT2D eigenvalue weighted by Gasteiger charge is -2.28. The molecule has 0 spiro atoms. The first kappa shape index (κ1) is 25.0. The second-order valence-electron chi connectivity index (χ2n) is 11.6. The number of azo groups is 2. The van der Waals surface area contributed by atoms with E-state index in [9.17, 15) is 0 Å². The van der Waals surface area contributed by atoms with Gasteiger partial charge in [-0.15, -0.1) is 14.9 Å². The van der Waals surface area contributed by atoms with Crippen LogP contribution < -0.4 is 14.4 Å². The van der Waals surface area contributed by atoms with Gasteiger partial charge in [-0.05, 0) is 71.6 Å². The lowest BCUT2D eigenvalue weighted by molar-refractivity contribution is -0.646. The van der Waals surface area contributed by atoms with E-state index < -0.39 is 0 Å². The highest BCUT2D eigenvalue weighted by atomic mass is 15.5. The molecule has 194 valence electrons. The molecule has 0 saturated carbocycles. The highest BCUT2D eigenvalue weighted by molar-refractivity contribution is 5.68. The summed E-state index contributed by atoms with van der Waals surface area (Å²) in [5.74, 6) is 1.05. The summed E-state index contributed by atoms with van der Waals surface area (Å²) in [7, 11) is 8.01. The Kier molecular flexibility index (Phi) is 5.73. The molecule has 9 heteroatoms. The van der Waals surface area contributed by atoms with Crippen LogP contribution in [-0.4, -0.2) is 36.0 Å². The Bertz CT molecular complexity index is 1430. The van der Waals surface area contributed by atoms with Crippen molar-refractivity contribution in [2.45, 2.75) is 64.5 Å². The number of nitrogens with zero attached hydrogens (tertiary/aromatic N) is 9. The molecule has 0 fully saturated rings. The number of likely N-dealkylation sites (N-methyl/N-ethyl adjacent to an activating group) is 2. The highest BCUT2D eigenvalue weighted by Crippen LogP contribution is 2.46. The molecule has 3 aromatic rings. The Hall–Kier alpha value is -3.62. The summed E-state index contributed by atoms with van der Waals surface area (Å²) in [5, 5.41) is 22.5. The number of rotatable bonds is 4. The van der Waals surface area contributed by atoms with Gasteiger partial charge in [0.05, 0.1) is 18.4 Å². The van der Waals surface area contributed by atoms with Gasteiger partial charge in [0, 0.05) is 60.5 Å². The predicted octanol–water partition coefficient (Wildman–Crippen LogP) is 6.31. The van der Waals surface area contributed by atoms with Gasteiger partial charge < -0.3 is 9.80 Å². The normalized spacial score (nSPS) is 21.9. The molecular weight excluding hydrogens is 462 g/mol. The van der Waals surface area contributed by atoms with Gasteiger partial charge in [-0.2, -0.15) is 0 Å². The molecule has 37 heavy (non-hydrogen) atoms. The molecule has 0 bridgehead atoms. The number of aryl methyl sites for hydroxylation is 1. The van der Waals surface area contributed by atoms with Crippen LogP contribution in [0.2, 0.25) is 0 Å². The molecule has 0 saturated heterocycles. The lowest BCUT2D eigenvalue weighted by Crippen LogP contribution is -2.36. The topological polar surface area (TPSA) is 77.6 Å². The van der Waals surface area contributed by atoms with Gasteiger partial charge in [-0.1, -0.05) is 27.7 Å². The molecule has 0 N–H and O–H groups in total. The van der Waals surface area contributed by atoms with Gasteiger partial charge in [-0.25, -0.2) is 4.57 Å².